The summed E-state index contributed by atoms with van der Waals surface area (Å²) < 4.78 is 28.0. The molecule has 1 saturated heterocycles. The molecule has 9 heteroatoms. The molecule has 3 aromatic rings. The number of methoxy groups -OCH3 is 1. The average molecular weight is 490 g/mol. The third kappa shape index (κ3) is 3.95. The standard InChI is InChI=1S/C27H28FN5O3/c1-35-23-15-32(13-19-14-33-24(34)3-2-22-26(33)25(19)20(28)12-31-22)6-4-21(23)30-11-16-8-17-5-7-36-27(17)18(9-16)10-29/h2-3,8-9,12,19,21,23,30H,4-7,11,13-15H2,1H3/t19?,21-,23+/m0/s1. The van der Waals surface area contributed by atoms with E-state index in [1.807, 2.05) is 6.07 Å². The van der Waals surface area contributed by atoms with Crippen LogP contribution in [0.25, 0.3) is 11.0 Å². The van der Waals surface area contributed by atoms with Gasteiger partial charge >= 0.3 is 0 Å². The molecule has 0 spiro atoms. The second kappa shape index (κ2) is 9.28. The number of likely N-dealkylation sites (tertiary alicyclic amines) is 1. The minimum atomic E-state index is -0.347. The minimum Gasteiger partial charge on any atom is -0.492 e. The van der Waals surface area contributed by atoms with Gasteiger partial charge < -0.3 is 19.4 Å². The van der Waals surface area contributed by atoms with Crippen LogP contribution in [0, 0.1) is 17.1 Å². The molecule has 0 amide bonds. The van der Waals surface area contributed by atoms with E-state index in [-0.39, 0.29) is 29.4 Å². The Morgan fingerprint density at radius 1 is 1.33 bits per heavy atom. The second-order valence-electron chi connectivity index (χ2n) is 9.88. The van der Waals surface area contributed by atoms with Crippen LogP contribution in [0.4, 0.5) is 4.39 Å². The van der Waals surface area contributed by atoms with Crippen molar-refractivity contribution >= 4 is 11.0 Å². The van der Waals surface area contributed by atoms with Crippen molar-refractivity contribution in [1.29, 1.82) is 5.26 Å². The van der Waals surface area contributed by atoms with Crippen molar-refractivity contribution in [3.8, 4) is 11.8 Å². The largest absolute Gasteiger partial charge is 0.492 e. The van der Waals surface area contributed by atoms with E-state index in [2.05, 4.69) is 27.3 Å². The maximum absolute atomic E-state index is 14.8. The zero-order valence-electron chi connectivity index (χ0n) is 20.2. The van der Waals surface area contributed by atoms with E-state index in [1.54, 1.807) is 17.7 Å². The Kier molecular flexibility index (Phi) is 5.96. The molecular weight excluding hydrogens is 461 g/mol. The maximum Gasteiger partial charge on any atom is 0.251 e. The third-order valence-electron chi connectivity index (χ3n) is 7.76. The molecule has 2 aromatic heterocycles. The highest BCUT2D eigenvalue weighted by Crippen LogP contribution is 2.35. The minimum absolute atomic E-state index is 0.0271. The summed E-state index contributed by atoms with van der Waals surface area (Å²) in [7, 11) is 1.72. The fourth-order valence-electron chi connectivity index (χ4n) is 6.03. The van der Waals surface area contributed by atoms with Gasteiger partial charge in [0.25, 0.3) is 5.56 Å². The molecule has 6 rings (SSSR count). The lowest BCUT2D eigenvalue weighted by Crippen LogP contribution is -2.53. The van der Waals surface area contributed by atoms with Gasteiger partial charge in [0.2, 0.25) is 0 Å². The molecule has 3 atom stereocenters. The van der Waals surface area contributed by atoms with Gasteiger partial charge in [0, 0.05) is 63.3 Å². The van der Waals surface area contributed by atoms with E-state index in [1.165, 1.54) is 12.3 Å². The molecule has 3 aliphatic rings. The number of nitriles is 1. The fourth-order valence-corrected chi connectivity index (χ4v) is 6.03. The van der Waals surface area contributed by atoms with Crippen LogP contribution >= 0.6 is 0 Å². The molecule has 36 heavy (non-hydrogen) atoms. The van der Waals surface area contributed by atoms with Gasteiger partial charge in [0.15, 0.2) is 0 Å². The van der Waals surface area contributed by atoms with Gasteiger partial charge in [-0.1, -0.05) is 6.07 Å². The van der Waals surface area contributed by atoms with Gasteiger partial charge in [-0.2, -0.15) is 5.26 Å². The predicted octanol–water partition coefficient (Wildman–Crippen LogP) is 2.32. The lowest BCUT2D eigenvalue weighted by atomic mass is 9.96. The van der Waals surface area contributed by atoms with E-state index >= 15 is 0 Å². The van der Waals surface area contributed by atoms with E-state index in [0.29, 0.717) is 54.9 Å². The van der Waals surface area contributed by atoms with Gasteiger partial charge in [-0.25, -0.2) is 4.39 Å². The number of piperidine rings is 1. The summed E-state index contributed by atoms with van der Waals surface area (Å²) in [4.78, 5) is 18.9. The van der Waals surface area contributed by atoms with Gasteiger partial charge in [-0.15, -0.1) is 0 Å². The summed E-state index contributed by atoms with van der Waals surface area (Å²) >= 11 is 0. The Morgan fingerprint density at radius 2 is 2.22 bits per heavy atom. The first-order valence-electron chi connectivity index (χ1n) is 12.4. The maximum atomic E-state index is 14.8. The summed E-state index contributed by atoms with van der Waals surface area (Å²) in [5, 5.41) is 13.1. The topological polar surface area (TPSA) is 92.4 Å². The lowest BCUT2D eigenvalue weighted by molar-refractivity contribution is 0.00332. The van der Waals surface area contributed by atoms with Crippen molar-refractivity contribution in [2.75, 3.05) is 33.4 Å². The normalized spacial score (nSPS) is 23.0. The van der Waals surface area contributed by atoms with E-state index in [4.69, 9.17) is 9.47 Å². The first kappa shape index (κ1) is 23.1. The number of aromatic nitrogens is 2. The quantitative estimate of drug-likeness (QED) is 0.568. The molecule has 1 unspecified atom stereocenters. The molecule has 1 aromatic carbocycles. The van der Waals surface area contributed by atoms with Crippen molar-refractivity contribution in [1.82, 2.24) is 19.8 Å². The van der Waals surface area contributed by atoms with Crippen LogP contribution in [-0.4, -0.2) is 59.9 Å². The number of nitrogens with one attached hydrogen (secondary N) is 1. The van der Waals surface area contributed by atoms with Crippen molar-refractivity contribution < 1.29 is 13.9 Å². The molecular formula is C27H28FN5O3. The average Bonchev–Trinajstić information content (AvgIpc) is 3.52. The first-order valence-corrected chi connectivity index (χ1v) is 12.4. The number of benzene rings is 1. The first-order chi connectivity index (χ1) is 17.6. The molecule has 0 aliphatic carbocycles. The molecule has 5 heterocycles. The summed E-state index contributed by atoms with van der Waals surface area (Å²) in [6.07, 6.45) is 2.95. The molecule has 3 aliphatic heterocycles. The summed E-state index contributed by atoms with van der Waals surface area (Å²) in [5.74, 6) is 0.273. The van der Waals surface area contributed by atoms with Crippen molar-refractivity contribution in [3.05, 3.63) is 68.9 Å². The Bertz CT molecular complexity index is 1430. The van der Waals surface area contributed by atoms with Crippen LogP contribution in [0.3, 0.4) is 0 Å². The van der Waals surface area contributed by atoms with E-state index < -0.39 is 0 Å². The zero-order chi connectivity index (χ0) is 24.8. The van der Waals surface area contributed by atoms with E-state index in [9.17, 15) is 14.4 Å². The number of hydrogen-bond acceptors (Lipinski definition) is 7. The Balaban J connectivity index is 1.13. The highest BCUT2D eigenvalue weighted by Gasteiger charge is 2.34. The van der Waals surface area contributed by atoms with Crippen LogP contribution in [0.2, 0.25) is 0 Å². The lowest BCUT2D eigenvalue weighted by Gasteiger charge is -2.39. The van der Waals surface area contributed by atoms with Gasteiger partial charge in [0.05, 0.1) is 35.5 Å². The molecule has 1 fully saturated rings. The summed E-state index contributed by atoms with van der Waals surface area (Å²) in [6.45, 7) is 3.95. The van der Waals surface area contributed by atoms with Crippen LogP contribution in [0.5, 0.6) is 5.75 Å². The number of pyridine rings is 2. The summed E-state index contributed by atoms with van der Waals surface area (Å²) in [5.41, 5.74) is 4.52. The Hall–Kier alpha value is -3.32. The highest BCUT2D eigenvalue weighted by molar-refractivity contribution is 5.80. The number of ether oxygens (including phenoxy) is 2. The second-order valence-corrected chi connectivity index (χ2v) is 9.88. The highest BCUT2D eigenvalue weighted by atomic mass is 19.1. The van der Waals surface area contributed by atoms with Crippen LogP contribution in [0.15, 0.2) is 35.3 Å². The monoisotopic (exact) mass is 489 g/mol. The van der Waals surface area contributed by atoms with Crippen LogP contribution in [-0.2, 0) is 24.2 Å². The zero-order valence-corrected chi connectivity index (χ0v) is 20.2. The number of rotatable bonds is 6. The molecule has 0 bridgehead atoms. The molecule has 0 saturated carbocycles. The van der Waals surface area contributed by atoms with E-state index in [0.717, 1.165) is 36.3 Å². The Morgan fingerprint density at radius 3 is 3.06 bits per heavy atom. The van der Waals surface area contributed by atoms with Gasteiger partial charge in [-0.3, -0.25) is 14.7 Å². The summed E-state index contributed by atoms with van der Waals surface area (Å²) in [6, 6.07) is 9.61. The van der Waals surface area contributed by atoms with Gasteiger partial charge in [0.1, 0.15) is 17.6 Å². The number of halogens is 1. The van der Waals surface area contributed by atoms with Crippen molar-refractivity contribution in [2.24, 2.45) is 0 Å². The number of hydrogen-bond donors (Lipinski definition) is 1. The molecule has 8 nitrogen and oxygen atoms in total. The number of fused-ring (bicyclic) bond motifs is 1. The van der Waals surface area contributed by atoms with Crippen LogP contribution in [0.1, 0.15) is 34.6 Å². The molecule has 1 N–H and O–H groups in total. The van der Waals surface area contributed by atoms with Gasteiger partial charge in [-0.05, 0) is 36.2 Å². The van der Waals surface area contributed by atoms with Crippen LogP contribution < -0.4 is 15.6 Å². The third-order valence-corrected chi connectivity index (χ3v) is 7.76. The number of nitrogens with zero attached hydrogens (tertiary/aromatic N) is 4. The smallest absolute Gasteiger partial charge is 0.251 e. The Labute approximate surface area is 208 Å². The fraction of sp³-hybridized carbons (Fsp3) is 0.444. The molecule has 0 radical (unpaired) electrons. The van der Waals surface area contributed by atoms with Crippen molar-refractivity contribution in [2.45, 2.75) is 44.0 Å². The molecule has 186 valence electrons. The van der Waals surface area contributed by atoms with Crippen molar-refractivity contribution in [3.63, 3.8) is 0 Å². The SMILES string of the molecule is CO[C@@H]1CN(CC2Cn3c(=O)ccc4ncc(F)c2c43)CC[C@@H]1NCc1cc(C#N)c2c(c1)CCO2. The predicted molar refractivity (Wildman–Crippen MR) is 132 cm³/mol.